The molecule has 0 fully saturated rings. The fraction of sp³-hybridized carbons (Fsp3) is 0.200. The van der Waals surface area contributed by atoms with Crippen molar-refractivity contribution >= 4 is 44.5 Å². The fourth-order valence-electron chi connectivity index (χ4n) is 3.99. The topological polar surface area (TPSA) is 29.5 Å². The maximum Gasteiger partial charge on any atom is 0.331 e. The van der Waals surface area contributed by atoms with Crippen LogP contribution in [0.1, 0.15) is 27.7 Å². The third-order valence-electron chi connectivity index (χ3n) is 6.79. The van der Waals surface area contributed by atoms with Crippen LogP contribution in [0.25, 0.3) is 42.4 Å². The van der Waals surface area contributed by atoms with E-state index in [4.69, 9.17) is 4.65 Å². The first-order chi connectivity index (χ1) is 16.2. The molecule has 2 nitrogen and oxygen atoms in total. The van der Waals surface area contributed by atoms with E-state index in [0.29, 0.717) is 0 Å². The van der Waals surface area contributed by atoms with Crippen LogP contribution >= 0.6 is 11.3 Å². The Morgan fingerprint density at radius 1 is 0.676 bits per heavy atom. The predicted molar refractivity (Wildman–Crippen MR) is 147 cm³/mol. The second-order valence-electron chi connectivity index (χ2n) is 9.79. The van der Waals surface area contributed by atoms with Gasteiger partial charge in [0.1, 0.15) is 0 Å². The molecule has 1 heterocycles. The Labute approximate surface area is 206 Å². The number of hydrogen-bond donors (Lipinski definition) is 1. The van der Waals surface area contributed by atoms with Crippen molar-refractivity contribution in [1.82, 2.24) is 0 Å². The van der Waals surface area contributed by atoms with Crippen LogP contribution in [0.4, 0.5) is 0 Å². The quantitative estimate of drug-likeness (QED) is 0.270. The van der Waals surface area contributed by atoms with Crippen LogP contribution in [-0.4, -0.2) is 23.8 Å². The van der Waals surface area contributed by atoms with Crippen molar-refractivity contribution in [2.24, 2.45) is 0 Å². The van der Waals surface area contributed by atoms with Gasteiger partial charge in [0.15, 0.2) is 0 Å². The minimum absolute atomic E-state index is 0.710. The smallest absolute Gasteiger partial charge is 0.331 e. The van der Waals surface area contributed by atoms with E-state index in [-0.39, 0.29) is 0 Å². The zero-order chi connectivity index (χ0) is 23.9. The van der Waals surface area contributed by atoms with Crippen LogP contribution in [0, 0.1) is 0 Å². The van der Waals surface area contributed by atoms with Crippen molar-refractivity contribution in [3.63, 3.8) is 0 Å². The Morgan fingerprint density at radius 3 is 2.06 bits per heavy atom. The summed E-state index contributed by atoms with van der Waals surface area (Å²) in [6, 6.07) is 32.2. The Bertz CT molecular complexity index is 1460. The van der Waals surface area contributed by atoms with Gasteiger partial charge in [0, 0.05) is 9.40 Å². The first kappa shape index (κ1) is 22.9. The van der Waals surface area contributed by atoms with Crippen LogP contribution in [0.3, 0.4) is 0 Å². The molecule has 1 N–H and O–H groups in total. The second-order valence-corrected chi connectivity index (χ2v) is 10.9. The highest BCUT2D eigenvalue weighted by atomic mass is 32.1. The lowest BCUT2D eigenvalue weighted by Gasteiger charge is -2.37. The van der Waals surface area contributed by atoms with Crippen LogP contribution < -0.4 is 5.46 Å². The summed E-state index contributed by atoms with van der Waals surface area (Å²) in [5.41, 5.74) is 4.22. The molecule has 5 aromatic rings. The van der Waals surface area contributed by atoms with Crippen molar-refractivity contribution < 1.29 is 9.76 Å². The minimum Gasteiger partial charge on any atom is -0.427 e. The number of aliphatic hydroxyl groups is 1. The van der Waals surface area contributed by atoms with Crippen molar-refractivity contribution in [2.75, 3.05) is 0 Å². The first-order valence-electron chi connectivity index (χ1n) is 11.6. The Morgan fingerprint density at radius 2 is 1.32 bits per heavy atom. The third kappa shape index (κ3) is 4.29. The molecule has 0 atom stereocenters. The first-order valence-corrected chi connectivity index (χ1v) is 12.4. The molecule has 34 heavy (non-hydrogen) atoms. The molecule has 1 aromatic heterocycles. The predicted octanol–water partition coefficient (Wildman–Crippen LogP) is 7.20. The van der Waals surface area contributed by atoms with Gasteiger partial charge in [0.05, 0.1) is 11.2 Å². The zero-order valence-electron chi connectivity index (χ0n) is 20.0. The molecule has 0 bridgehead atoms. The molecule has 0 amide bonds. The standard InChI is InChI=1S/C30H28BO2S/c1-29(2,32)30(3,4)33-31-25-14-9-15-26-28(25)24-17-16-23(19-27(24)34-26)22-13-8-12-21(18-22)20-10-6-5-7-11-20/h5-19,32H,1-4H3. The Balaban J connectivity index is 1.52. The van der Waals surface area contributed by atoms with Crippen LogP contribution in [0.15, 0.2) is 91.0 Å². The highest BCUT2D eigenvalue weighted by Gasteiger charge is 2.35. The number of thiophene rings is 1. The van der Waals surface area contributed by atoms with E-state index in [0.717, 1.165) is 5.46 Å². The zero-order valence-corrected chi connectivity index (χ0v) is 20.8. The molecular formula is C30H28BO2S. The molecule has 0 unspecified atom stereocenters. The highest BCUT2D eigenvalue weighted by Crippen LogP contribution is 2.36. The molecule has 5 rings (SSSR count). The lowest BCUT2D eigenvalue weighted by molar-refractivity contribution is -0.0893. The van der Waals surface area contributed by atoms with E-state index in [1.165, 1.54) is 42.4 Å². The summed E-state index contributed by atoms with van der Waals surface area (Å²) in [7, 11) is 1.80. The van der Waals surface area contributed by atoms with E-state index in [1.54, 1.807) is 32.7 Å². The van der Waals surface area contributed by atoms with Crippen molar-refractivity contribution in [1.29, 1.82) is 0 Å². The summed E-state index contributed by atoms with van der Waals surface area (Å²) in [6.07, 6.45) is 0. The second kappa shape index (κ2) is 8.70. The van der Waals surface area contributed by atoms with Crippen molar-refractivity contribution in [3.8, 4) is 22.3 Å². The van der Waals surface area contributed by atoms with Gasteiger partial charge in [-0.15, -0.1) is 11.3 Å². The molecule has 4 heteroatoms. The van der Waals surface area contributed by atoms with Crippen LogP contribution in [-0.2, 0) is 4.65 Å². The summed E-state index contributed by atoms with van der Waals surface area (Å²) in [4.78, 5) is 0. The minimum atomic E-state index is -0.961. The number of rotatable bonds is 6. The van der Waals surface area contributed by atoms with E-state index in [9.17, 15) is 5.11 Å². The van der Waals surface area contributed by atoms with Gasteiger partial charge >= 0.3 is 7.48 Å². The lowest BCUT2D eigenvalue weighted by Crippen LogP contribution is -2.49. The van der Waals surface area contributed by atoms with Gasteiger partial charge < -0.3 is 9.76 Å². The largest absolute Gasteiger partial charge is 0.427 e. The van der Waals surface area contributed by atoms with Crippen molar-refractivity contribution in [3.05, 3.63) is 91.0 Å². The van der Waals surface area contributed by atoms with Gasteiger partial charge in [-0.3, -0.25) is 0 Å². The summed E-state index contributed by atoms with van der Waals surface area (Å²) < 4.78 is 8.56. The summed E-state index contributed by atoms with van der Waals surface area (Å²) >= 11 is 1.80. The Hall–Kier alpha value is -2.92. The van der Waals surface area contributed by atoms with Gasteiger partial charge in [0.2, 0.25) is 0 Å². The number of fused-ring (bicyclic) bond motifs is 3. The molecular weight excluding hydrogens is 435 g/mol. The van der Waals surface area contributed by atoms with E-state index >= 15 is 0 Å². The van der Waals surface area contributed by atoms with Crippen LogP contribution in [0.2, 0.25) is 0 Å². The normalized spacial score (nSPS) is 12.4. The van der Waals surface area contributed by atoms with Gasteiger partial charge in [-0.2, -0.15) is 0 Å². The summed E-state index contributed by atoms with van der Waals surface area (Å²) in [6.45, 7) is 7.36. The number of hydrogen-bond acceptors (Lipinski definition) is 3. The fourth-order valence-corrected chi connectivity index (χ4v) is 5.17. The monoisotopic (exact) mass is 463 g/mol. The Kier molecular flexibility index (Phi) is 5.85. The summed E-state index contributed by atoms with van der Waals surface area (Å²) in [5.74, 6) is 0. The van der Waals surface area contributed by atoms with Crippen molar-refractivity contribution in [2.45, 2.75) is 38.9 Å². The van der Waals surface area contributed by atoms with Gasteiger partial charge in [-0.25, -0.2) is 0 Å². The third-order valence-corrected chi connectivity index (χ3v) is 7.90. The molecule has 0 aliphatic rings. The summed E-state index contributed by atoms with van der Waals surface area (Å²) in [5, 5.41) is 12.9. The maximum absolute atomic E-state index is 10.5. The molecule has 169 valence electrons. The van der Waals surface area contributed by atoms with E-state index < -0.39 is 11.2 Å². The highest BCUT2D eigenvalue weighted by molar-refractivity contribution is 7.26. The molecule has 0 aliphatic heterocycles. The molecule has 0 spiro atoms. The van der Waals surface area contributed by atoms with Crippen LogP contribution in [0.5, 0.6) is 0 Å². The van der Waals surface area contributed by atoms with E-state index in [2.05, 4.69) is 84.9 Å². The maximum atomic E-state index is 10.5. The molecule has 0 saturated carbocycles. The molecule has 1 radical (unpaired) electrons. The van der Waals surface area contributed by atoms with Gasteiger partial charge in [-0.1, -0.05) is 72.8 Å². The average molecular weight is 463 g/mol. The lowest BCUT2D eigenvalue weighted by atomic mass is 9.80. The number of benzene rings is 4. The van der Waals surface area contributed by atoms with Gasteiger partial charge in [-0.05, 0) is 84.4 Å². The molecule has 4 aromatic carbocycles. The SMILES string of the molecule is CC(C)(O)C(C)(C)O[B]c1cccc2sc3cc(-c4cccc(-c5ccccc5)c4)ccc3c12. The van der Waals surface area contributed by atoms with Gasteiger partial charge in [0.25, 0.3) is 0 Å². The van der Waals surface area contributed by atoms with E-state index in [1.807, 2.05) is 19.9 Å². The molecule has 0 aliphatic carbocycles. The molecule has 0 saturated heterocycles. The average Bonchev–Trinajstić information content (AvgIpc) is 3.21.